The van der Waals surface area contributed by atoms with Gasteiger partial charge in [-0.2, -0.15) is 4.57 Å². The summed E-state index contributed by atoms with van der Waals surface area (Å²) in [5.74, 6) is 1.26. The number of benzene rings is 2. The van der Waals surface area contributed by atoms with Crippen molar-refractivity contribution in [3.63, 3.8) is 0 Å². The first-order valence-corrected chi connectivity index (χ1v) is 16.7. The van der Waals surface area contributed by atoms with Crippen molar-refractivity contribution >= 4 is 76.6 Å². The fourth-order valence-electron chi connectivity index (χ4n) is 4.78. The van der Waals surface area contributed by atoms with E-state index in [1.165, 1.54) is 4.90 Å². The first-order valence-electron chi connectivity index (χ1n) is 12.7. The van der Waals surface area contributed by atoms with Crippen molar-refractivity contribution in [3.8, 4) is 11.5 Å². The van der Waals surface area contributed by atoms with Crippen molar-refractivity contribution in [2.75, 3.05) is 31.4 Å². The SMILES string of the molecule is CCC(/C=C1\Sc2ccc(OC)cc2N1CC)=C\c1sc2cc(OC)c3ccsc3c2[n+]1CCCS(=O)(=O)[O-]. The normalized spacial score (nSPS) is 15.1. The first-order chi connectivity index (χ1) is 18.8. The lowest BCUT2D eigenvalue weighted by Gasteiger charge is -2.18. The van der Waals surface area contributed by atoms with Crippen molar-refractivity contribution in [1.29, 1.82) is 0 Å². The Labute approximate surface area is 241 Å². The number of hydrogen-bond acceptors (Lipinski definition) is 9. The molecule has 1 aliphatic rings. The molecule has 3 heterocycles. The molecule has 0 N–H and O–H groups in total. The van der Waals surface area contributed by atoms with Crippen molar-refractivity contribution in [2.45, 2.75) is 38.1 Å². The summed E-state index contributed by atoms with van der Waals surface area (Å²) >= 11 is 5.03. The number of thiazole rings is 1. The Morgan fingerprint density at radius 1 is 1.15 bits per heavy atom. The summed E-state index contributed by atoms with van der Waals surface area (Å²) in [5, 5.41) is 5.23. The minimum atomic E-state index is -4.29. The number of aryl methyl sites for hydroxylation is 1. The number of allylic oxidation sites excluding steroid dienone is 2. The largest absolute Gasteiger partial charge is 0.748 e. The van der Waals surface area contributed by atoms with E-state index >= 15 is 0 Å². The summed E-state index contributed by atoms with van der Waals surface area (Å²) < 4.78 is 49.5. The molecule has 0 spiro atoms. The maximum Gasteiger partial charge on any atom is 0.263 e. The number of thiophene rings is 1. The zero-order chi connectivity index (χ0) is 27.7. The van der Waals surface area contributed by atoms with Crippen LogP contribution in [0.4, 0.5) is 5.69 Å². The van der Waals surface area contributed by atoms with E-state index in [1.807, 2.05) is 23.6 Å². The Kier molecular flexibility index (Phi) is 8.25. The van der Waals surface area contributed by atoms with Gasteiger partial charge in [-0.3, -0.25) is 0 Å². The van der Waals surface area contributed by atoms with Crippen LogP contribution in [-0.2, 0) is 16.7 Å². The van der Waals surface area contributed by atoms with Crippen LogP contribution in [0.3, 0.4) is 0 Å². The van der Waals surface area contributed by atoms with Crippen LogP contribution in [0.15, 0.2) is 57.3 Å². The minimum Gasteiger partial charge on any atom is -0.748 e. The minimum absolute atomic E-state index is 0.251. The van der Waals surface area contributed by atoms with Crippen LogP contribution in [-0.4, -0.2) is 39.5 Å². The molecule has 0 radical (unpaired) electrons. The number of thioether (sulfide) groups is 1. The highest BCUT2D eigenvalue weighted by atomic mass is 32.2. The third kappa shape index (κ3) is 5.69. The van der Waals surface area contributed by atoms with Gasteiger partial charge >= 0.3 is 0 Å². The highest BCUT2D eigenvalue weighted by molar-refractivity contribution is 8.03. The van der Waals surface area contributed by atoms with Gasteiger partial charge in [0.2, 0.25) is 5.52 Å². The lowest BCUT2D eigenvalue weighted by atomic mass is 10.2. The van der Waals surface area contributed by atoms with Gasteiger partial charge in [0.05, 0.1) is 35.1 Å². The third-order valence-corrected chi connectivity index (χ3v) is 10.6. The molecule has 39 heavy (non-hydrogen) atoms. The summed E-state index contributed by atoms with van der Waals surface area (Å²) in [6, 6.07) is 10.3. The Bertz CT molecular complexity index is 1700. The van der Waals surface area contributed by atoms with E-state index < -0.39 is 15.9 Å². The highest BCUT2D eigenvalue weighted by Gasteiger charge is 2.27. The number of nitrogens with zero attached hydrogens (tertiary/aromatic N) is 2. The zero-order valence-electron chi connectivity index (χ0n) is 22.2. The summed E-state index contributed by atoms with van der Waals surface area (Å²) in [7, 11) is -0.933. The Hall–Kier alpha value is -2.57. The number of fused-ring (bicyclic) bond motifs is 4. The Balaban J connectivity index is 1.60. The van der Waals surface area contributed by atoms with Crippen LogP contribution in [0.2, 0.25) is 0 Å². The van der Waals surface area contributed by atoms with Gasteiger partial charge in [-0.1, -0.05) is 30.0 Å². The molecule has 0 atom stereocenters. The summed E-state index contributed by atoms with van der Waals surface area (Å²) in [6.45, 7) is 5.54. The molecule has 0 aliphatic carbocycles. The molecule has 1 aliphatic heterocycles. The van der Waals surface area contributed by atoms with Gasteiger partial charge in [0.1, 0.15) is 20.9 Å². The molecule has 7 nitrogen and oxygen atoms in total. The number of rotatable bonds is 10. The van der Waals surface area contributed by atoms with Crippen LogP contribution in [0.1, 0.15) is 31.7 Å². The van der Waals surface area contributed by atoms with Crippen LogP contribution in [0.5, 0.6) is 11.5 Å². The van der Waals surface area contributed by atoms with Crippen molar-refractivity contribution < 1.29 is 27.0 Å². The van der Waals surface area contributed by atoms with Gasteiger partial charge in [0, 0.05) is 47.2 Å². The number of ether oxygens (including phenoxy) is 2. The first kappa shape index (κ1) is 28.0. The van der Waals surface area contributed by atoms with Crippen molar-refractivity contribution in [1.82, 2.24) is 0 Å². The lowest BCUT2D eigenvalue weighted by molar-refractivity contribution is -0.667. The van der Waals surface area contributed by atoms with Gasteiger partial charge in [0.15, 0.2) is 6.54 Å². The fraction of sp³-hybridized carbons (Fsp3) is 0.321. The van der Waals surface area contributed by atoms with E-state index in [2.05, 4.69) is 47.6 Å². The molecule has 0 fully saturated rings. The monoisotopic (exact) mass is 602 g/mol. The zero-order valence-corrected chi connectivity index (χ0v) is 25.5. The quantitative estimate of drug-likeness (QED) is 0.149. The van der Waals surface area contributed by atoms with Gasteiger partial charge in [-0.05, 0) is 48.6 Å². The smallest absolute Gasteiger partial charge is 0.263 e. The summed E-state index contributed by atoms with van der Waals surface area (Å²) in [5.41, 5.74) is 3.35. The molecule has 0 amide bonds. The standard InChI is InChI=1S/C28H30N2O5S4/c1-5-18(14-25-29(6-2)21-16-19(34-3)8-9-23(21)37-25)15-26-30(11-7-13-39(31,32)33)27-24(38-26)17-22(35-4)20-10-12-36-28(20)27/h8-10,12,14-17H,5-7,11,13H2,1-4H3. The average molecular weight is 603 g/mol. The number of methoxy groups -OCH3 is 2. The second-order valence-electron chi connectivity index (χ2n) is 9.03. The van der Waals surface area contributed by atoms with E-state index in [4.69, 9.17) is 9.47 Å². The van der Waals surface area contributed by atoms with E-state index in [1.54, 1.807) is 48.7 Å². The molecular formula is C28H30N2O5S4. The summed E-state index contributed by atoms with van der Waals surface area (Å²) in [4.78, 5) is 3.49. The predicted octanol–water partition coefficient (Wildman–Crippen LogP) is 6.62. The summed E-state index contributed by atoms with van der Waals surface area (Å²) in [6.07, 6.45) is 5.50. The second kappa shape index (κ2) is 11.5. The van der Waals surface area contributed by atoms with Gasteiger partial charge < -0.3 is 18.9 Å². The van der Waals surface area contributed by atoms with Gasteiger partial charge in [-0.25, -0.2) is 8.42 Å². The topological polar surface area (TPSA) is 82.8 Å². The van der Waals surface area contributed by atoms with Crippen LogP contribution >= 0.6 is 34.4 Å². The van der Waals surface area contributed by atoms with Crippen LogP contribution in [0, 0.1) is 0 Å². The number of anilines is 1. The number of hydrogen-bond donors (Lipinski definition) is 0. The maximum atomic E-state index is 11.4. The molecule has 0 unspecified atom stereocenters. The molecule has 206 valence electrons. The predicted molar refractivity (Wildman–Crippen MR) is 161 cm³/mol. The molecule has 0 saturated carbocycles. The molecule has 2 aromatic heterocycles. The average Bonchev–Trinajstić information content (AvgIpc) is 3.61. The van der Waals surface area contributed by atoms with Crippen LogP contribution in [0.25, 0.3) is 26.4 Å². The number of aromatic nitrogens is 1. The molecule has 0 saturated heterocycles. The molecule has 2 aromatic carbocycles. The molecule has 4 aromatic rings. The van der Waals surface area contributed by atoms with Gasteiger partial charge in [-0.15, -0.1) is 11.3 Å². The lowest BCUT2D eigenvalue weighted by Crippen LogP contribution is -2.36. The van der Waals surface area contributed by atoms with E-state index in [9.17, 15) is 13.0 Å². The van der Waals surface area contributed by atoms with Gasteiger partial charge in [0.25, 0.3) is 5.01 Å². The Morgan fingerprint density at radius 2 is 1.97 bits per heavy atom. The molecule has 0 bridgehead atoms. The Morgan fingerprint density at radius 3 is 2.67 bits per heavy atom. The molecular weight excluding hydrogens is 573 g/mol. The van der Waals surface area contributed by atoms with E-state index in [0.29, 0.717) is 6.54 Å². The molecule has 11 heteroatoms. The third-order valence-electron chi connectivity index (χ3n) is 6.67. The molecule has 5 rings (SSSR count). The van der Waals surface area contributed by atoms with Crippen molar-refractivity contribution in [2.24, 2.45) is 0 Å². The van der Waals surface area contributed by atoms with Crippen LogP contribution < -0.4 is 18.9 Å². The fourth-order valence-corrected chi connectivity index (χ4v) is 8.68. The highest BCUT2D eigenvalue weighted by Crippen LogP contribution is 2.48. The van der Waals surface area contributed by atoms with E-state index in [-0.39, 0.29) is 6.42 Å². The van der Waals surface area contributed by atoms with E-state index in [0.717, 1.165) is 66.1 Å². The van der Waals surface area contributed by atoms with Crippen molar-refractivity contribution in [3.05, 3.63) is 57.4 Å². The second-order valence-corrected chi connectivity index (χ2v) is 13.6. The maximum absolute atomic E-state index is 11.4.